The van der Waals surface area contributed by atoms with E-state index in [0.717, 1.165) is 61.3 Å². The number of carbonyl (C=O) groups excluding carboxylic acids is 2. The molecule has 0 radical (unpaired) electrons. The zero-order valence-corrected chi connectivity index (χ0v) is 26.7. The zero-order valence-electron chi connectivity index (χ0n) is 26.7. The van der Waals surface area contributed by atoms with Crippen molar-refractivity contribution < 1.29 is 19.3 Å². The molecule has 9 nitrogen and oxygen atoms in total. The minimum absolute atomic E-state index is 0.298. The van der Waals surface area contributed by atoms with Crippen LogP contribution in [0.15, 0.2) is 114 Å². The second kappa shape index (κ2) is 14.4. The Labute approximate surface area is 273 Å². The lowest BCUT2D eigenvalue weighted by atomic mass is 9.98. The Balaban J connectivity index is 1.76. The number of anilines is 3. The molecule has 0 aliphatic heterocycles. The Hall–Kier alpha value is -5.93. The topological polar surface area (TPSA) is 119 Å². The van der Waals surface area contributed by atoms with Crippen molar-refractivity contribution in [3.05, 3.63) is 126 Å². The Morgan fingerprint density at radius 2 is 1.45 bits per heavy atom. The number of carbonyl (C=O) groups is 2. The van der Waals surface area contributed by atoms with E-state index in [9.17, 15) is 9.59 Å². The van der Waals surface area contributed by atoms with Crippen LogP contribution in [0.4, 0.5) is 17.1 Å². The lowest BCUT2D eigenvalue weighted by molar-refractivity contribution is -0.141. The van der Waals surface area contributed by atoms with Crippen LogP contribution >= 0.6 is 0 Å². The number of pyridine rings is 1. The van der Waals surface area contributed by atoms with Gasteiger partial charge < -0.3 is 20.3 Å². The predicted molar refractivity (Wildman–Crippen MR) is 188 cm³/mol. The SMILES string of the molecule is C=Cc1ccc(-c2cc(/C(C)=N/OC(C)=O)cc(N(c3ccc(/C(C)=N\OC(C)=O)cc3)c3cccc4cnc(CN)cc34)c2)cc1. The van der Waals surface area contributed by atoms with E-state index >= 15 is 0 Å². The number of oxime groups is 2. The number of nitrogens with two attached hydrogens (primary N) is 1. The zero-order chi connectivity index (χ0) is 33.5. The molecule has 0 aliphatic carbocycles. The molecule has 5 aromatic rings. The summed E-state index contributed by atoms with van der Waals surface area (Å²) in [5.41, 5.74) is 14.9. The van der Waals surface area contributed by atoms with Gasteiger partial charge in [-0.15, -0.1) is 0 Å². The first-order chi connectivity index (χ1) is 22.7. The van der Waals surface area contributed by atoms with E-state index in [1.54, 1.807) is 19.9 Å². The van der Waals surface area contributed by atoms with E-state index in [-0.39, 0.29) is 0 Å². The molecule has 0 unspecified atom stereocenters. The summed E-state index contributed by atoms with van der Waals surface area (Å²) >= 11 is 0. The molecule has 1 heterocycles. The van der Waals surface area contributed by atoms with Gasteiger partial charge >= 0.3 is 11.9 Å². The summed E-state index contributed by atoms with van der Waals surface area (Å²) in [6.45, 7) is 10.4. The number of rotatable bonds is 10. The molecule has 0 saturated heterocycles. The van der Waals surface area contributed by atoms with Crippen molar-refractivity contribution in [3.8, 4) is 11.1 Å². The lowest BCUT2D eigenvalue weighted by Crippen LogP contribution is -2.13. The van der Waals surface area contributed by atoms with Crippen molar-refractivity contribution >= 4 is 57.3 Å². The number of hydrogen-bond acceptors (Lipinski definition) is 9. The first-order valence-electron chi connectivity index (χ1n) is 15.0. The summed E-state index contributed by atoms with van der Waals surface area (Å²) in [6, 6.07) is 30.1. The fraction of sp³-hybridized carbons (Fsp3) is 0.132. The van der Waals surface area contributed by atoms with E-state index in [0.29, 0.717) is 18.0 Å². The monoisotopic (exact) mass is 625 g/mol. The van der Waals surface area contributed by atoms with Crippen LogP contribution in [0.3, 0.4) is 0 Å². The molecule has 5 rings (SSSR count). The Morgan fingerprint density at radius 1 is 0.787 bits per heavy atom. The molecule has 1 aromatic heterocycles. The van der Waals surface area contributed by atoms with Gasteiger partial charge in [0.05, 0.1) is 22.8 Å². The summed E-state index contributed by atoms with van der Waals surface area (Å²) in [4.78, 5) is 39.5. The fourth-order valence-electron chi connectivity index (χ4n) is 5.08. The maximum absolute atomic E-state index is 11.6. The lowest BCUT2D eigenvalue weighted by Gasteiger charge is -2.28. The van der Waals surface area contributed by atoms with Gasteiger partial charge in [-0.1, -0.05) is 71.5 Å². The number of fused-ring (bicyclic) bond motifs is 1. The Kier molecular flexibility index (Phi) is 9.98. The van der Waals surface area contributed by atoms with Gasteiger partial charge in [-0.25, -0.2) is 9.59 Å². The quantitative estimate of drug-likeness (QED) is 0.0947. The van der Waals surface area contributed by atoms with Gasteiger partial charge in [-0.3, -0.25) is 4.98 Å². The Bertz CT molecular complexity index is 2020. The molecule has 0 saturated carbocycles. The van der Waals surface area contributed by atoms with Crippen LogP contribution < -0.4 is 10.6 Å². The summed E-state index contributed by atoms with van der Waals surface area (Å²) in [5, 5.41) is 9.96. The van der Waals surface area contributed by atoms with Crippen LogP contribution in [0.5, 0.6) is 0 Å². The average Bonchev–Trinajstić information content (AvgIpc) is 3.09. The molecular weight excluding hydrogens is 590 g/mol. The molecule has 2 N–H and O–H groups in total. The van der Waals surface area contributed by atoms with Gasteiger partial charge in [0.1, 0.15) is 0 Å². The normalized spacial score (nSPS) is 11.7. The van der Waals surface area contributed by atoms with Gasteiger partial charge in [0.15, 0.2) is 0 Å². The van der Waals surface area contributed by atoms with Crippen molar-refractivity contribution in [2.24, 2.45) is 16.0 Å². The van der Waals surface area contributed by atoms with Gasteiger partial charge in [-0.05, 0) is 78.6 Å². The van der Waals surface area contributed by atoms with E-state index < -0.39 is 11.9 Å². The average molecular weight is 626 g/mol. The van der Waals surface area contributed by atoms with Gasteiger partial charge in [-0.2, -0.15) is 0 Å². The van der Waals surface area contributed by atoms with E-state index in [2.05, 4.69) is 38.9 Å². The number of benzene rings is 4. The van der Waals surface area contributed by atoms with Gasteiger partial charge in [0.25, 0.3) is 0 Å². The Morgan fingerprint density at radius 3 is 2.06 bits per heavy atom. The number of hydrogen-bond donors (Lipinski definition) is 1. The van der Waals surface area contributed by atoms with Crippen molar-refractivity contribution in [3.63, 3.8) is 0 Å². The molecule has 0 bridgehead atoms. The third kappa shape index (κ3) is 7.66. The second-order valence-corrected chi connectivity index (χ2v) is 10.9. The largest absolute Gasteiger partial charge is 0.331 e. The maximum Gasteiger partial charge on any atom is 0.331 e. The van der Waals surface area contributed by atoms with Crippen LogP contribution in [-0.4, -0.2) is 28.3 Å². The third-order valence-electron chi connectivity index (χ3n) is 7.49. The minimum atomic E-state index is -0.505. The highest BCUT2D eigenvalue weighted by Crippen LogP contribution is 2.41. The highest BCUT2D eigenvalue weighted by molar-refractivity contribution is 6.04. The van der Waals surface area contributed by atoms with Crippen molar-refractivity contribution in [2.75, 3.05) is 4.90 Å². The molecule has 47 heavy (non-hydrogen) atoms. The molecule has 9 heteroatoms. The van der Waals surface area contributed by atoms with Crippen LogP contribution in [0, 0.1) is 0 Å². The highest BCUT2D eigenvalue weighted by Gasteiger charge is 2.19. The van der Waals surface area contributed by atoms with Crippen molar-refractivity contribution in [1.82, 2.24) is 4.98 Å². The first-order valence-corrected chi connectivity index (χ1v) is 15.0. The molecule has 0 aliphatic rings. The number of nitrogens with zero attached hydrogens (tertiary/aromatic N) is 4. The van der Waals surface area contributed by atoms with E-state index in [1.807, 2.05) is 85.1 Å². The van der Waals surface area contributed by atoms with Crippen molar-refractivity contribution in [1.29, 1.82) is 0 Å². The standard InChI is InChI=1S/C38H35N5O4/c1-6-28-10-12-30(13-11-28)33-18-32(25(3)42-47-27(5)45)19-36(20-33)43(35-16-14-29(15-17-35)24(2)41-46-26(4)44)38-9-7-8-31-23-40-34(22-39)21-37(31)38/h6-21,23H,1,22,39H2,2-5H3/b41-24-,42-25+. The number of aromatic nitrogens is 1. The second-order valence-electron chi connectivity index (χ2n) is 10.9. The smallest absolute Gasteiger partial charge is 0.325 e. The molecule has 4 aromatic carbocycles. The molecule has 0 fully saturated rings. The molecule has 0 spiro atoms. The van der Waals surface area contributed by atoms with E-state index in [4.69, 9.17) is 15.4 Å². The van der Waals surface area contributed by atoms with Crippen LogP contribution in [0.2, 0.25) is 0 Å². The summed E-state index contributed by atoms with van der Waals surface area (Å²) < 4.78 is 0. The molecule has 0 amide bonds. The summed E-state index contributed by atoms with van der Waals surface area (Å²) in [7, 11) is 0. The van der Waals surface area contributed by atoms with Gasteiger partial charge in [0.2, 0.25) is 0 Å². The van der Waals surface area contributed by atoms with E-state index in [1.165, 1.54) is 13.8 Å². The van der Waals surface area contributed by atoms with Crippen molar-refractivity contribution in [2.45, 2.75) is 34.2 Å². The molecule has 236 valence electrons. The van der Waals surface area contributed by atoms with Gasteiger partial charge in [0, 0.05) is 54.3 Å². The van der Waals surface area contributed by atoms with Crippen LogP contribution in [-0.2, 0) is 25.8 Å². The predicted octanol–water partition coefficient (Wildman–Crippen LogP) is 8.05. The van der Waals surface area contributed by atoms with Crippen LogP contribution in [0.1, 0.15) is 50.1 Å². The minimum Gasteiger partial charge on any atom is -0.325 e. The molecular formula is C38H35N5O4. The summed E-state index contributed by atoms with van der Waals surface area (Å²) in [6.07, 6.45) is 3.63. The summed E-state index contributed by atoms with van der Waals surface area (Å²) in [5.74, 6) is -0.994. The van der Waals surface area contributed by atoms with Crippen LogP contribution in [0.25, 0.3) is 28.0 Å². The first kappa shape index (κ1) is 32.5. The third-order valence-corrected chi connectivity index (χ3v) is 7.49. The fourth-order valence-corrected chi connectivity index (χ4v) is 5.08. The molecule has 0 atom stereocenters. The highest BCUT2D eigenvalue weighted by atomic mass is 16.7. The maximum atomic E-state index is 11.6.